The van der Waals surface area contributed by atoms with Gasteiger partial charge < -0.3 is 4.90 Å². The Morgan fingerprint density at radius 2 is 1.83 bits per heavy atom. The Balaban J connectivity index is 2.56. The van der Waals surface area contributed by atoms with Crippen molar-refractivity contribution in [3.05, 3.63) is 0 Å². The molecule has 0 aromatic heterocycles. The number of hydrogen-bond donors (Lipinski definition) is 2. The van der Waals surface area contributed by atoms with Crippen molar-refractivity contribution < 1.29 is 0 Å². The molecule has 1 fully saturated rings. The van der Waals surface area contributed by atoms with Crippen molar-refractivity contribution in [1.82, 2.24) is 10.3 Å². The number of hydrazine groups is 1. The van der Waals surface area contributed by atoms with Crippen LogP contribution in [0.2, 0.25) is 0 Å². The van der Waals surface area contributed by atoms with Gasteiger partial charge in [-0.2, -0.15) is 0 Å². The molecule has 3 N–H and O–H groups in total. The number of nitrogens with zero attached hydrogens (tertiary/aromatic N) is 1. The Bertz CT molecular complexity index is 122. The van der Waals surface area contributed by atoms with Crippen LogP contribution in [-0.4, -0.2) is 31.1 Å². The lowest BCUT2D eigenvalue weighted by atomic mass is 9.81. The van der Waals surface area contributed by atoms with E-state index in [-0.39, 0.29) is 0 Å². The van der Waals surface area contributed by atoms with Gasteiger partial charge in [-0.1, -0.05) is 19.3 Å². The lowest BCUT2D eigenvalue weighted by molar-refractivity contribution is 0.0990. The van der Waals surface area contributed by atoms with Crippen molar-refractivity contribution in [2.45, 2.75) is 37.6 Å². The molecule has 0 saturated heterocycles. The molecule has 0 bridgehead atoms. The van der Waals surface area contributed by atoms with E-state index in [1.165, 1.54) is 32.1 Å². The molecule has 12 heavy (non-hydrogen) atoms. The second-order valence-electron chi connectivity index (χ2n) is 4.06. The quantitative estimate of drug-likeness (QED) is 0.485. The molecule has 1 saturated carbocycles. The van der Waals surface area contributed by atoms with E-state index in [1.54, 1.807) is 0 Å². The first-order valence-corrected chi connectivity index (χ1v) is 4.82. The maximum Gasteiger partial charge on any atom is 0.0341 e. The zero-order valence-electron chi connectivity index (χ0n) is 8.27. The van der Waals surface area contributed by atoms with Crippen LogP contribution in [0.1, 0.15) is 32.1 Å². The highest BCUT2D eigenvalue weighted by Gasteiger charge is 2.33. The highest BCUT2D eigenvalue weighted by molar-refractivity contribution is 4.91. The molecule has 1 aliphatic rings. The van der Waals surface area contributed by atoms with Gasteiger partial charge in [0.25, 0.3) is 0 Å². The summed E-state index contributed by atoms with van der Waals surface area (Å²) in [5.41, 5.74) is 3.14. The Labute approximate surface area is 75.3 Å². The van der Waals surface area contributed by atoms with Crippen LogP contribution in [-0.2, 0) is 0 Å². The minimum absolute atomic E-state index is 0.326. The Morgan fingerprint density at radius 3 is 2.25 bits per heavy atom. The molecular formula is C9H21N3. The fourth-order valence-electron chi connectivity index (χ4n) is 2.18. The normalized spacial score (nSPS) is 23.0. The van der Waals surface area contributed by atoms with Crippen LogP contribution in [0.5, 0.6) is 0 Å². The minimum Gasteiger partial charge on any atom is -0.302 e. The van der Waals surface area contributed by atoms with Gasteiger partial charge in [0, 0.05) is 12.1 Å². The standard InChI is InChI=1S/C9H21N3/c1-12(2)9(8-11-10)6-4-3-5-7-9/h11H,3-8,10H2,1-2H3. The van der Waals surface area contributed by atoms with Crippen LogP contribution in [0.4, 0.5) is 0 Å². The summed E-state index contributed by atoms with van der Waals surface area (Å²) >= 11 is 0. The van der Waals surface area contributed by atoms with Crippen LogP contribution >= 0.6 is 0 Å². The number of nitrogens with two attached hydrogens (primary N) is 1. The van der Waals surface area contributed by atoms with E-state index in [4.69, 9.17) is 5.84 Å². The molecule has 0 aromatic carbocycles. The van der Waals surface area contributed by atoms with E-state index >= 15 is 0 Å². The first-order chi connectivity index (χ1) is 5.71. The summed E-state index contributed by atoms with van der Waals surface area (Å²) in [7, 11) is 4.31. The van der Waals surface area contributed by atoms with E-state index in [2.05, 4.69) is 24.4 Å². The van der Waals surface area contributed by atoms with E-state index in [0.29, 0.717) is 5.54 Å². The third kappa shape index (κ3) is 1.97. The Kier molecular flexibility index (Phi) is 3.50. The summed E-state index contributed by atoms with van der Waals surface area (Å²) in [6.07, 6.45) is 6.65. The lowest BCUT2D eigenvalue weighted by Gasteiger charge is -2.42. The molecule has 3 nitrogen and oxygen atoms in total. The molecule has 0 spiro atoms. The van der Waals surface area contributed by atoms with Crippen LogP contribution in [0.25, 0.3) is 0 Å². The maximum absolute atomic E-state index is 5.41. The molecule has 0 unspecified atom stereocenters. The largest absolute Gasteiger partial charge is 0.302 e. The molecule has 0 aliphatic heterocycles. The van der Waals surface area contributed by atoms with Crippen molar-refractivity contribution in [3.63, 3.8) is 0 Å². The molecule has 0 amide bonds. The van der Waals surface area contributed by atoms with Gasteiger partial charge in [0.2, 0.25) is 0 Å². The molecule has 0 atom stereocenters. The van der Waals surface area contributed by atoms with E-state index in [9.17, 15) is 0 Å². The summed E-state index contributed by atoms with van der Waals surface area (Å²) in [5.74, 6) is 5.41. The predicted octanol–water partition coefficient (Wildman–Crippen LogP) is 0.714. The lowest BCUT2D eigenvalue weighted by Crippen LogP contribution is -2.54. The van der Waals surface area contributed by atoms with E-state index in [1.807, 2.05) is 0 Å². The molecular weight excluding hydrogens is 150 g/mol. The Morgan fingerprint density at radius 1 is 1.25 bits per heavy atom. The highest BCUT2D eigenvalue weighted by atomic mass is 15.3. The van der Waals surface area contributed by atoms with E-state index < -0.39 is 0 Å². The maximum atomic E-state index is 5.41. The summed E-state index contributed by atoms with van der Waals surface area (Å²) in [4.78, 5) is 2.33. The van der Waals surface area contributed by atoms with Crippen molar-refractivity contribution >= 4 is 0 Å². The van der Waals surface area contributed by atoms with Gasteiger partial charge in [-0.3, -0.25) is 11.3 Å². The fourth-order valence-corrected chi connectivity index (χ4v) is 2.18. The molecule has 72 valence electrons. The SMILES string of the molecule is CN(C)C1(CNN)CCCCC1. The monoisotopic (exact) mass is 171 g/mol. The number of likely N-dealkylation sites (N-methyl/N-ethyl adjacent to an activating group) is 1. The van der Waals surface area contributed by atoms with E-state index in [0.717, 1.165) is 6.54 Å². The van der Waals surface area contributed by atoms with Gasteiger partial charge in [-0.05, 0) is 26.9 Å². The van der Waals surface area contributed by atoms with Crippen LogP contribution in [0.15, 0.2) is 0 Å². The second kappa shape index (κ2) is 4.21. The van der Waals surface area contributed by atoms with Crippen molar-refractivity contribution in [2.75, 3.05) is 20.6 Å². The second-order valence-corrected chi connectivity index (χ2v) is 4.06. The third-order valence-corrected chi connectivity index (χ3v) is 3.16. The van der Waals surface area contributed by atoms with Gasteiger partial charge in [0.1, 0.15) is 0 Å². The Hall–Kier alpha value is -0.120. The third-order valence-electron chi connectivity index (χ3n) is 3.16. The first-order valence-electron chi connectivity index (χ1n) is 4.82. The van der Waals surface area contributed by atoms with Crippen LogP contribution in [0, 0.1) is 0 Å². The minimum atomic E-state index is 0.326. The zero-order chi connectivity index (χ0) is 9.03. The summed E-state index contributed by atoms with van der Waals surface area (Å²) in [6.45, 7) is 0.917. The van der Waals surface area contributed by atoms with Crippen molar-refractivity contribution in [3.8, 4) is 0 Å². The van der Waals surface area contributed by atoms with Gasteiger partial charge in [0.05, 0.1) is 0 Å². The topological polar surface area (TPSA) is 41.3 Å². The zero-order valence-corrected chi connectivity index (χ0v) is 8.27. The highest BCUT2D eigenvalue weighted by Crippen LogP contribution is 2.31. The smallest absolute Gasteiger partial charge is 0.0341 e. The number of rotatable bonds is 3. The molecule has 0 aromatic rings. The van der Waals surface area contributed by atoms with Crippen molar-refractivity contribution in [2.24, 2.45) is 5.84 Å². The van der Waals surface area contributed by atoms with Crippen molar-refractivity contribution in [1.29, 1.82) is 0 Å². The van der Waals surface area contributed by atoms with Gasteiger partial charge in [-0.25, -0.2) is 0 Å². The molecule has 0 heterocycles. The average Bonchev–Trinajstić information content (AvgIpc) is 2.06. The van der Waals surface area contributed by atoms with Gasteiger partial charge in [0.15, 0.2) is 0 Å². The average molecular weight is 171 g/mol. The first kappa shape index (κ1) is 9.96. The number of hydrogen-bond acceptors (Lipinski definition) is 3. The predicted molar refractivity (Wildman–Crippen MR) is 51.7 cm³/mol. The molecule has 3 heteroatoms. The summed E-state index contributed by atoms with van der Waals surface area (Å²) < 4.78 is 0. The van der Waals surface area contributed by atoms with Gasteiger partial charge >= 0.3 is 0 Å². The summed E-state index contributed by atoms with van der Waals surface area (Å²) in [5, 5.41) is 0. The van der Waals surface area contributed by atoms with Crippen LogP contribution in [0.3, 0.4) is 0 Å². The molecule has 0 radical (unpaired) electrons. The van der Waals surface area contributed by atoms with Gasteiger partial charge in [-0.15, -0.1) is 0 Å². The molecule has 1 aliphatic carbocycles. The number of nitrogens with one attached hydrogen (secondary N) is 1. The molecule has 1 rings (SSSR count). The fraction of sp³-hybridized carbons (Fsp3) is 1.00. The van der Waals surface area contributed by atoms with Crippen LogP contribution < -0.4 is 11.3 Å². The summed E-state index contributed by atoms with van der Waals surface area (Å²) in [6, 6.07) is 0.